The Hall–Kier alpha value is -3.19. The standard InChI is InChI=1S/C20H16N2O4S/c1-10-4-3-5-15-18(10)21-20(27-15)22(2)9-11-8-14(25)16-12(23)6-7-13(24)17(16)19(11)26/h3-8,23-24H,9H2,1-2H3. The van der Waals surface area contributed by atoms with Crippen molar-refractivity contribution in [2.75, 3.05) is 18.5 Å². The molecule has 1 heterocycles. The molecule has 1 aromatic heterocycles. The fourth-order valence-corrected chi connectivity index (χ4v) is 4.20. The summed E-state index contributed by atoms with van der Waals surface area (Å²) in [5, 5.41) is 20.6. The SMILES string of the molecule is Cc1cccc2sc(N(C)CC3=CC(=O)c4c(O)ccc(O)c4C3=O)nc12. The highest BCUT2D eigenvalue weighted by Crippen LogP contribution is 2.36. The lowest BCUT2D eigenvalue weighted by Crippen LogP contribution is -2.27. The summed E-state index contributed by atoms with van der Waals surface area (Å²) in [5.41, 5.74) is 1.93. The number of benzene rings is 2. The number of Topliss-reactive ketones (excluding diaryl/α,β-unsaturated/α-hetero) is 1. The number of ketones is 2. The van der Waals surface area contributed by atoms with Crippen LogP contribution in [0.5, 0.6) is 11.5 Å². The van der Waals surface area contributed by atoms with Gasteiger partial charge in [0, 0.05) is 19.2 Å². The number of aryl methyl sites for hydroxylation is 1. The summed E-state index contributed by atoms with van der Waals surface area (Å²) in [6.45, 7) is 2.15. The van der Waals surface area contributed by atoms with E-state index in [0.29, 0.717) is 0 Å². The second kappa shape index (κ2) is 6.21. The van der Waals surface area contributed by atoms with Gasteiger partial charge in [-0.05, 0) is 36.8 Å². The quantitative estimate of drug-likeness (QED) is 0.676. The van der Waals surface area contributed by atoms with Gasteiger partial charge in [-0.1, -0.05) is 23.5 Å². The maximum absolute atomic E-state index is 12.8. The van der Waals surface area contributed by atoms with Gasteiger partial charge < -0.3 is 15.1 Å². The Morgan fingerprint density at radius 3 is 2.48 bits per heavy atom. The molecule has 27 heavy (non-hydrogen) atoms. The minimum atomic E-state index is -0.499. The molecule has 0 amide bonds. The highest BCUT2D eigenvalue weighted by molar-refractivity contribution is 7.22. The molecule has 0 fully saturated rings. The van der Waals surface area contributed by atoms with Crippen molar-refractivity contribution in [3.05, 3.63) is 58.7 Å². The summed E-state index contributed by atoms with van der Waals surface area (Å²) in [6.07, 6.45) is 1.22. The second-order valence-corrected chi connectivity index (χ2v) is 7.50. The number of para-hydroxylation sites is 1. The third kappa shape index (κ3) is 2.76. The summed E-state index contributed by atoms with van der Waals surface area (Å²) in [6, 6.07) is 8.36. The van der Waals surface area contributed by atoms with Gasteiger partial charge in [-0.2, -0.15) is 0 Å². The highest BCUT2D eigenvalue weighted by atomic mass is 32.1. The van der Waals surface area contributed by atoms with Crippen LogP contribution in [0.25, 0.3) is 10.2 Å². The van der Waals surface area contributed by atoms with Crippen molar-refractivity contribution < 1.29 is 19.8 Å². The van der Waals surface area contributed by atoms with E-state index in [1.165, 1.54) is 29.5 Å². The minimum absolute atomic E-state index is 0.147. The van der Waals surface area contributed by atoms with Crippen molar-refractivity contribution in [1.29, 1.82) is 0 Å². The van der Waals surface area contributed by atoms with Crippen LogP contribution in [0.1, 0.15) is 26.3 Å². The Morgan fingerprint density at radius 1 is 1.07 bits per heavy atom. The molecule has 136 valence electrons. The first-order valence-corrected chi connectivity index (χ1v) is 9.10. The number of carbonyl (C=O) groups excluding carboxylic acids is 2. The lowest BCUT2D eigenvalue weighted by molar-refractivity contribution is 0.0978. The second-order valence-electron chi connectivity index (χ2n) is 6.49. The Labute approximate surface area is 159 Å². The topological polar surface area (TPSA) is 90.7 Å². The van der Waals surface area contributed by atoms with Gasteiger partial charge in [0.15, 0.2) is 16.7 Å². The molecule has 0 aliphatic heterocycles. The van der Waals surface area contributed by atoms with Gasteiger partial charge in [-0.25, -0.2) is 4.98 Å². The molecule has 0 bridgehead atoms. The van der Waals surface area contributed by atoms with Crippen LogP contribution in [0.15, 0.2) is 42.0 Å². The number of aromatic nitrogens is 1. The van der Waals surface area contributed by atoms with Crippen molar-refractivity contribution in [1.82, 2.24) is 4.98 Å². The molecule has 0 unspecified atom stereocenters. The number of hydrogen-bond donors (Lipinski definition) is 2. The van der Waals surface area contributed by atoms with Crippen molar-refractivity contribution in [2.24, 2.45) is 0 Å². The van der Waals surface area contributed by atoms with E-state index >= 15 is 0 Å². The fraction of sp³-hybridized carbons (Fsp3) is 0.150. The molecule has 3 aromatic rings. The van der Waals surface area contributed by atoms with Crippen LogP contribution < -0.4 is 4.90 Å². The average Bonchev–Trinajstić information content (AvgIpc) is 3.07. The molecule has 1 aliphatic rings. The maximum Gasteiger partial charge on any atom is 0.195 e. The Kier molecular flexibility index (Phi) is 3.96. The molecule has 0 atom stereocenters. The van der Waals surface area contributed by atoms with Crippen LogP contribution in [0, 0.1) is 6.92 Å². The number of thiazole rings is 1. The van der Waals surface area contributed by atoms with Gasteiger partial charge in [-0.15, -0.1) is 0 Å². The number of hydrogen-bond acceptors (Lipinski definition) is 7. The number of phenols is 2. The van der Waals surface area contributed by atoms with Crippen LogP contribution >= 0.6 is 11.3 Å². The maximum atomic E-state index is 12.8. The number of phenolic OH excluding ortho intramolecular Hbond substituents is 2. The molecular weight excluding hydrogens is 364 g/mol. The summed E-state index contributed by atoms with van der Waals surface area (Å²) in [4.78, 5) is 31.6. The number of allylic oxidation sites excluding steroid dienone is 1. The smallest absolute Gasteiger partial charge is 0.195 e. The van der Waals surface area contributed by atoms with E-state index in [1.807, 2.05) is 25.1 Å². The number of likely N-dealkylation sites (N-methyl/N-ethyl adjacent to an activating group) is 1. The van der Waals surface area contributed by atoms with Crippen molar-refractivity contribution in [2.45, 2.75) is 6.92 Å². The van der Waals surface area contributed by atoms with E-state index in [0.717, 1.165) is 20.9 Å². The molecule has 2 N–H and O–H groups in total. The Balaban J connectivity index is 1.68. The highest BCUT2D eigenvalue weighted by Gasteiger charge is 2.31. The van der Waals surface area contributed by atoms with Gasteiger partial charge in [0.2, 0.25) is 0 Å². The van der Waals surface area contributed by atoms with Crippen LogP contribution in [0.3, 0.4) is 0 Å². The van der Waals surface area contributed by atoms with E-state index in [4.69, 9.17) is 0 Å². The number of aromatic hydroxyl groups is 2. The predicted octanol–water partition coefficient (Wildman–Crippen LogP) is 3.46. The predicted molar refractivity (Wildman–Crippen MR) is 104 cm³/mol. The average molecular weight is 380 g/mol. The summed E-state index contributed by atoms with van der Waals surface area (Å²) in [5.74, 6) is -1.60. The first kappa shape index (κ1) is 17.2. The van der Waals surface area contributed by atoms with Crippen LogP contribution in [0.4, 0.5) is 5.13 Å². The zero-order chi connectivity index (χ0) is 19.3. The monoisotopic (exact) mass is 380 g/mol. The molecule has 6 nitrogen and oxygen atoms in total. The normalized spacial score (nSPS) is 13.6. The Bertz CT molecular complexity index is 1150. The first-order chi connectivity index (χ1) is 12.9. The van der Waals surface area contributed by atoms with Crippen LogP contribution in [-0.4, -0.2) is 40.4 Å². The number of nitrogens with zero attached hydrogens (tertiary/aromatic N) is 2. The van der Waals surface area contributed by atoms with Gasteiger partial charge in [0.25, 0.3) is 0 Å². The third-order valence-electron chi connectivity index (χ3n) is 4.58. The fourth-order valence-electron chi connectivity index (χ4n) is 3.19. The number of rotatable bonds is 3. The van der Waals surface area contributed by atoms with E-state index in [2.05, 4.69) is 4.98 Å². The van der Waals surface area contributed by atoms with Crippen LogP contribution in [-0.2, 0) is 0 Å². The molecule has 0 saturated carbocycles. The molecule has 4 rings (SSSR count). The number of anilines is 1. The summed E-state index contributed by atoms with van der Waals surface area (Å²) in [7, 11) is 1.80. The Morgan fingerprint density at radius 2 is 1.78 bits per heavy atom. The molecule has 7 heteroatoms. The molecular formula is C20H16N2O4S. The third-order valence-corrected chi connectivity index (χ3v) is 5.71. The van der Waals surface area contributed by atoms with Crippen molar-refractivity contribution >= 4 is 38.3 Å². The van der Waals surface area contributed by atoms with Gasteiger partial charge in [0.05, 0.1) is 21.3 Å². The summed E-state index contributed by atoms with van der Waals surface area (Å²) < 4.78 is 1.05. The molecule has 1 aliphatic carbocycles. The van der Waals surface area contributed by atoms with Crippen LogP contribution in [0.2, 0.25) is 0 Å². The van der Waals surface area contributed by atoms with E-state index in [-0.39, 0.29) is 34.7 Å². The zero-order valence-electron chi connectivity index (χ0n) is 14.7. The van der Waals surface area contributed by atoms with Crippen molar-refractivity contribution in [3.63, 3.8) is 0 Å². The first-order valence-electron chi connectivity index (χ1n) is 8.28. The largest absolute Gasteiger partial charge is 0.507 e. The molecule has 0 radical (unpaired) electrons. The van der Waals surface area contributed by atoms with Crippen molar-refractivity contribution in [3.8, 4) is 11.5 Å². The van der Waals surface area contributed by atoms with E-state index in [9.17, 15) is 19.8 Å². The van der Waals surface area contributed by atoms with Gasteiger partial charge in [0.1, 0.15) is 11.5 Å². The lowest BCUT2D eigenvalue weighted by atomic mass is 9.88. The van der Waals surface area contributed by atoms with E-state index < -0.39 is 11.6 Å². The van der Waals surface area contributed by atoms with Gasteiger partial charge >= 0.3 is 0 Å². The minimum Gasteiger partial charge on any atom is -0.507 e. The number of fused-ring (bicyclic) bond motifs is 2. The van der Waals surface area contributed by atoms with Gasteiger partial charge in [-0.3, -0.25) is 9.59 Å². The van der Waals surface area contributed by atoms with E-state index in [1.54, 1.807) is 11.9 Å². The molecule has 0 saturated heterocycles. The number of carbonyl (C=O) groups is 2. The summed E-state index contributed by atoms with van der Waals surface area (Å²) >= 11 is 1.50. The molecule has 2 aromatic carbocycles. The zero-order valence-corrected chi connectivity index (χ0v) is 15.5. The lowest BCUT2D eigenvalue weighted by Gasteiger charge is -2.21. The molecule has 0 spiro atoms.